The van der Waals surface area contributed by atoms with E-state index in [-0.39, 0.29) is 37.2 Å². The van der Waals surface area contributed by atoms with Crippen molar-refractivity contribution in [2.24, 2.45) is 11.8 Å². The van der Waals surface area contributed by atoms with Gasteiger partial charge in [-0.15, -0.1) is 0 Å². The van der Waals surface area contributed by atoms with Crippen LogP contribution in [0.2, 0.25) is 0 Å². The molecule has 3 heterocycles. The molecule has 28 heavy (non-hydrogen) atoms. The molecule has 1 atom stereocenters. The fourth-order valence-electron chi connectivity index (χ4n) is 4.75. The number of amides is 2. The molecule has 0 spiro atoms. The van der Waals surface area contributed by atoms with E-state index < -0.39 is 12.0 Å². The van der Waals surface area contributed by atoms with Gasteiger partial charge in [0.05, 0.1) is 6.54 Å². The van der Waals surface area contributed by atoms with Crippen LogP contribution in [0, 0.1) is 11.8 Å². The summed E-state index contributed by atoms with van der Waals surface area (Å²) in [6, 6.07) is 0. The minimum absolute atomic E-state index is 0.0216. The zero-order valence-electron chi connectivity index (χ0n) is 15.7. The number of hydrogen-bond acceptors (Lipinski definition) is 3. The number of hydrogen-bond donors (Lipinski definition) is 0. The molecule has 0 N–H and O–H groups in total. The second-order valence-electron chi connectivity index (χ2n) is 8.16. The van der Waals surface area contributed by atoms with E-state index in [2.05, 4.69) is 4.98 Å². The summed E-state index contributed by atoms with van der Waals surface area (Å²) in [6.07, 6.45) is 2.09. The lowest BCUT2D eigenvalue weighted by Crippen LogP contribution is -2.54. The van der Waals surface area contributed by atoms with E-state index in [1.165, 1.54) is 31.9 Å². The van der Waals surface area contributed by atoms with Gasteiger partial charge in [0.15, 0.2) is 0 Å². The number of carbonyl (C=O) groups excluding carboxylic acids is 2. The topological polar surface area (TPSA) is 58.4 Å². The Morgan fingerprint density at radius 2 is 1.89 bits per heavy atom. The molecule has 0 aromatic carbocycles. The molecular formula is C19H25F3N4O2. The monoisotopic (exact) mass is 398 g/mol. The van der Waals surface area contributed by atoms with Gasteiger partial charge in [0.25, 0.3) is 0 Å². The van der Waals surface area contributed by atoms with Crippen LogP contribution in [0.5, 0.6) is 0 Å². The summed E-state index contributed by atoms with van der Waals surface area (Å²) in [7, 11) is 0. The molecule has 0 radical (unpaired) electrons. The van der Waals surface area contributed by atoms with Crippen LogP contribution in [0.3, 0.4) is 0 Å². The van der Waals surface area contributed by atoms with Gasteiger partial charge in [0.2, 0.25) is 17.6 Å². The molecular weight excluding hydrogens is 373 g/mol. The number of carbonyl (C=O) groups is 2. The minimum Gasteiger partial charge on any atom is -0.339 e. The number of piperazine rings is 1. The molecule has 1 saturated heterocycles. The van der Waals surface area contributed by atoms with Crippen molar-refractivity contribution in [2.75, 3.05) is 26.2 Å². The average Bonchev–Trinajstić information content (AvgIpc) is 3.31. The second-order valence-corrected chi connectivity index (χ2v) is 8.16. The summed E-state index contributed by atoms with van der Waals surface area (Å²) in [5, 5.41) is 0. The first-order valence-electron chi connectivity index (χ1n) is 10.0. The van der Waals surface area contributed by atoms with Crippen molar-refractivity contribution < 1.29 is 22.8 Å². The summed E-state index contributed by atoms with van der Waals surface area (Å²) in [6.45, 7) is 2.03. The van der Waals surface area contributed by atoms with E-state index in [1.54, 1.807) is 4.90 Å². The Hall–Kier alpha value is -2.06. The first-order chi connectivity index (χ1) is 13.3. The zero-order chi connectivity index (χ0) is 19.9. The van der Waals surface area contributed by atoms with Crippen LogP contribution in [-0.4, -0.2) is 57.3 Å². The Morgan fingerprint density at radius 1 is 1.14 bits per heavy atom. The average molecular weight is 398 g/mol. The smallest absolute Gasteiger partial charge is 0.339 e. The minimum atomic E-state index is -4.49. The molecule has 2 aliphatic heterocycles. The van der Waals surface area contributed by atoms with Gasteiger partial charge in [-0.2, -0.15) is 13.2 Å². The largest absolute Gasteiger partial charge is 0.449 e. The maximum Gasteiger partial charge on any atom is 0.449 e. The number of aromatic nitrogens is 2. The molecule has 154 valence electrons. The zero-order valence-corrected chi connectivity index (χ0v) is 15.7. The molecule has 2 amide bonds. The van der Waals surface area contributed by atoms with Gasteiger partial charge < -0.3 is 14.4 Å². The van der Waals surface area contributed by atoms with Crippen LogP contribution in [0.1, 0.15) is 43.6 Å². The number of nitrogens with zero attached hydrogens (tertiary/aromatic N) is 4. The maximum atomic E-state index is 13.0. The Morgan fingerprint density at radius 3 is 2.57 bits per heavy atom. The highest BCUT2D eigenvalue weighted by Crippen LogP contribution is 2.33. The molecule has 2 fully saturated rings. The van der Waals surface area contributed by atoms with Crippen molar-refractivity contribution in [3.63, 3.8) is 0 Å². The summed E-state index contributed by atoms with van der Waals surface area (Å²) in [5.41, 5.74) is 0.433. The van der Waals surface area contributed by atoms with Crippen LogP contribution in [0.4, 0.5) is 13.2 Å². The van der Waals surface area contributed by atoms with E-state index in [9.17, 15) is 22.8 Å². The lowest BCUT2D eigenvalue weighted by Gasteiger charge is -2.37. The number of imidazole rings is 1. The van der Waals surface area contributed by atoms with Crippen molar-refractivity contribution in [3.05, 3.63) is 17.7 Å². The lowest BCUT2D eigenvalue weighted by molar-refractivity contribution is -0.149. The molecule has 1 unspecified atom stereocenters. The number of fused-ring (bicyclic) bond motifs is 1. The van der Waals surface area contributed by atoms with Gasteiger partial charge in [-0.1, -0.05) is 12.8 Å². The third-order valence-electron chi connectivity index (χ3n) is 6.28. The van der Waals surface area contributed by atoms with Crippen LogP contribution in [0.15, 0.2) is 6.20 Å². The van der Waals surface area contributed by atoms with E-state index in [4.69, 9.17) is 0 Å². The predicted molar refractivity (Wildman–Crippen MR) is 94.2 cm³/mol. The molecule has 0 bridgehead atoms. The normalized spacial score (nSPS) is 24.0. The molecule has 1 aromatic rings. The fourth-order valence-corrected chi connectivity index (χ4v) is 4.75. The molecule has 1 saturated carbocycles. The van der Waals surface area contributed by atoms with Gasteiger partial charge in [-0.25, -0.2) is 4.98 Å². The molecule has 4 rings (SSSR count). The van der Waals surface area contributed by atoms with Crippen molar-refractivity contribution in [3.8, 4) is 0 Å². The standard InChI is InChI=1S/C19H25F3N4O2/c20-19(21,22)18-23-10-15-9-14(5-6-26(15)18)17(28)25-8-7-24(16(27)12-25)11-13-3-1-2-4-13/h10,13-14H,1-9,11-12H2. The second kappa shape index (κ2) is 7.40. The summed E-state index contributed by atoms with van der Waals surface area (Å²) >= 11 is 0. The summed E-state index contributed by atoms with van der Waals surface area (Å²) < 4.78 is 40.1. The molecule has 6 nitrogen and oxygen atoms in total. The lowest BCUT2D eigenvalue weighted by atomic mass is 9.94. The number of halogens is 3. The maximum absolute atomic E-state index is 13.0. The molecule has 1 aromatic heterocycles. The van der Waals surface area contributed by atoms with Gasteiger partial charge in [0.1, 0.15) is 0 Å². The number of alkyl halides is 3. The molecule has 1 aliphatic carbocycles. The highest BCUT2D eigenvalue weighted by Gasteiger charge is 2.40. The van der Waals surface area contributed by atoms with Crippen LogP contribution in [-0.2, 0) is 28.7 Å². The number of rotatable bonds is 3. The first kappa shape index (κ1) is 19.3. The van der Waals surface area contributed by atoms with Gasteiger partial charge in [-0.05, 0) is 25.2 Å². The van der Waals surface area contributed by atoms with Crippen LogP contribution in [0.25, 0.3) is 0 Å². The Labute approximate surface area is 161 Å². The first-order valence-corrected chi connectivity index (χ1v) is 10.0. The van der Waals surface area contributed by atoms with E-state index in [1.807, 2.05) is 4.90 Å². The van der Waals surface area contributed by atoms with E-state index >= 15 is 0 Å². The molecule has 3 aliphatic rings. The van der Waals surface area contributed by atoms with Gasteiger partial charge in [-0.3, -0.25) is 9.59 Å². The fraction of sp³-hybridized carbons (Fsp3) is 0.737. The third-order valence-corrected chi connectivity index (χ3v) is 6.28. The highest BCUT2D eigenvalue weighted by atomic mass is 19.4. The molecule has 9 heteroatoms. The SMILES string of the molecule is O=C1CN(C(=O)C2CCn3c(cnc3C(F)(F)F)C2)CCN1CC1CCCC1. The van der Waals surface area contributed by atoms with E-state index in [0.29, 0.717) is 31.1 Å². The van der Waals surface area contributed by atoms with Crippen molar-refractivity contribution in [2.45, 2.75) is 51.2 Å². The van der Waals surface area contributed by atoms with E-state index in [0.717, 1.165) is 11.1 Å². The Kier molecular flexibility index (Phi) is 5.09. The Bertz CT molecular complexity index is 755. The van der Waals surface area contributed by atoms with Crippen molar-refractivity contribution in [1.29, 1.82) is 0 Å². The predicted octanol–water partition coefficient (Wildman–Crippen LogP) is 2.33. The van der Waals surface area contributed by atoms with Crippen LogP contribution >= 0.6 is 0 Å². The van der Waals surface area contributed by atoms with Crippen molar-refractivity contribution >= 4 is 11.8 Å². The summed E-state index contributed by atoms with van der Waals surface area (Å²) in [4.78, 5) is 32.3. The Balaban J connectivity index is 1.35. The summed E-state index contributed by atoms with van der Waals surface area (Å²) in [5.74, 6) is -0.863. The highest BCUT2D eigenvalue weighted by molar-refractivity contribution is 5.87. The third kappa shape index (κ3) is 3.75. The van der Waals surface area contributed by atoms with Crippen LogP contribution < -0.4 is 0 Å². The van der Waals surface area contributed by atoms with Crippen molar-refractivity contribution in [1.82, 2.24) is 19.4 Å². The van der Waals surface area contributed by atoms with Gasteiger partial charge in [0, 0.05) is 50.4 Å². The van der Waals surface area contributed by atoms with Gasteiger partial charge >= 0.3 is 6.18 Å². The quantitative estimate of drug-likeness (QED) is 0.785.